The second-order valence-corrected chi connectivity index (χ2v) is 6.94. The summed E-state index contributed by atoms with van der Waals surface area (Å²) in [6.07, 6.45) is 5.59. The molecule has 0 aromatic carbocycles. The molecule has 1 rings (SSSR count). The summed E-state index contributed by atoms with van der Waals surface area (Å²) in [5.74, 6) is 0.733. The summed E-state index contributed by atoms with van der Waals surface area (Å²) < 4.78 is 24.0. The van der Waals surface area contributed by atoms with Crippen LogP contribution >= 0.6 is 0 Å². The lowest BCUT2D eigenvalue weighted by Gasteiger charge is -2.22. The fourth-order valence-corrected chi connectivity index (χ4v) is 2.68. The van der Waals surface area contributed by atoms with Crippen LogP contribution in [0.15, 0.2) is 0 Å². The number of nitrogens with one attached hydrogen (secondary N) is 3. The third-order valence-electron chi connectivity index (χ3n) is 3.28. The molecule has 1 heterocycles. The maximum Gasteiger partial charge on any atom is 0.220 e. The van der Waals surface area contributed by atoms with Crippen LogP contribution in [0, 0.1) is 5.92 Å². The Labute approximate surface area is 115 Å². The molecule has 1 saturated heterocycles. The third-order valence-corrected chi connectivity index (χ3v) is 4.01. The Morgan fingerprint density at radius 2 is 1.95 bits per heavy atom. The number of carbonyl (C=O) groups excluding carboxylic acids is 1. The highest BCUT2D eigenvalue weighted by molar-refractivity contribution is 7.88. The Balaban J connectivity index is 1.98. The summed E-state index contributed by atoms with van der Waals surface area (Å²) in [6, 6.07) is 0. The largest absolute Gasteiger partial charge is 0.356 e. The highest BCUT2D eigenvalue weighted by Gasteiger charge is 2.14. The van der Waals surface area contributed by atoms with Crippen molar-refractivity contribution in [1.82, 2.24) is 15.4 Å². The van der Waals surface area contributed by atoms with Crippen molar-refractivity contribution in [2.24, 2.45) is 5.92 Å². The first-order valence-electron chi connectivity index (χ1n) is 6.89. The zero-order valence-corrected chi connectivity index (χ0v) is 12.4. The second-order valence-electron chi connectivity index (χ2n) is 5.10. The highest BCUT2D eigenvalue weighted by Crippen LogP contribution is 2.17. The van der Waals surface area contributed by atoms with Crippen LogP contribution in [0.1, 0.15) is 32.1 Å². The zero-order valence-electron chi connectivity index (χ0n) is 11.6. The Morgan fingerprint density at radius 1 is 1.26 bits per heavy atom. The first-order chi connectivity index (χ1) is 8.97. The highest BCUT2D eigenvalue weighted by atomic mass is 32.2. The van der Waals surface area contributed by atoms with Gasteiger partial charge in [-0.15, -0.1) is 0 Å². The van der Waals surface area contributed by atoms with E-state index in [-0.39, 0.29) is 5.91 Å². The number of hydrogen-bond acceptors (Lipinski definition) is 4. The molecule has 0 radical (unpaired) electrons. The van der Waals surface area contributed by atoms with Crippen LogP contribution in [-0.2, 0) is 14.8 Å². The molecule has 6 nitrogen and oxygen atoms in total. The van der Waals surface area contributed by atoms with Crippen LogP contribution in [0.3, 0.4) is 0 Å². The van der Waals surface area contributed by atoms with Gasteiger partial charge in [-0.25, -0.2) is 13.1 Å². The van der Waals surface area contributed by atoms with Crippen molar-refractivity contribution in [2.45, 2.75) is 32.1 Å². The van der Waals surface area contributed by atoms with Gasteiger partial charge >= 0.3 is 0 Å². The Bertz CT molecular complexity index is 364. The van der Waals surface area contributed by atoms with Gasteiger partial charge in [0.1, 0.15) is 0 Å². The predicted octanol–water partition coefficient (Wildman–Crippen LogP) is -0.178. The number of hydrogen-bond donors (Lipinski definition) is 3. The van der Waals surface area contributed by atoms with Gasteiger partial charge in [0.15, 0.2) is 0 Å². The lowest BCUT2D eigenvalue weighted by atomic mass is 9.93. The topological polar surface area (TPSA) is 87.3 Å². The van der Waals surface area contributed by atoms with Crippen LogP contribution in [0.2, 0.25) is 0 Å². The quantitative estimate of drug-likeness (QED) is 0.542. The number of rotatable bonds is 8. The van der Waals surface area contributed by atoms with Crippen molar-refractivity contribution in [3.05, 3.63) is 0 Å². The van der Waals surface area contributed by atoms with E-state index in [4.69, 9.17) is 0 Å². The van der Waals surface area contributed by atoms with E-state index >= 15 is 0 Å². The normalized spacial score (nSPS) is 17.3. The Morgan fingerprint density at radius 3 is 2.58 bits per heavy atom. The van der Waals surface area contributed by atoms with Gasteiger partial charge in [0.2, 0.25) is 15.9 Å². The van der Waals surface area contributed by atoms with Crippen LogP contribution in [0.5, 0.6) is 0 Å². The molecule has 1 aliphatic rings. The van der Waals surface area contributed by atoms with E-state index in [1.165, 1.54) is 0 Å². The van der Waals surface area contributed by atoms with E-state index in [0.717, 1.165) is 38.6 Å². The maximum absolute atomic E-state index is 11.6. The Hall–Kier alpha value is -0.660. The molecule has 0 unspecified atom stereocenters. The standard InChI is InChI=1S/C12H25N3O3S/c1-19(17,18)15-8-2-7-14-12(16)4-3-11-5-9-13-10-6-11/h11,13,15H,2-10H2,1H3,(H,14,16). The number of amides is 1. The molecule has 0 saturated carbocycles. The average Bonchev–Trinajstić information content (AvgIpc) is 2.36. The minimum absolute atomic E-state index is 0.0675. The van der Waals surface area contributed by atoms with Gasteiger partial charge in [0.05, 0.1) is 6.26 Å². The molecule has 1 aliphatic heterocycles. The molecule has 0 aromatic rings. The monoisotopic (exact) mass is 291 g/mol. The molecule has 0 spiro atoms. The lowest BCUT2D eigenvalue weighted by Crippen LogP contribution is -2.31. The van der Waals surface area contributed by atoms with E-state index in [1.54, 1.807) is 0 Å². The van der Waals surface area contributed by atoms with Gasteiger partial charge < -0.3 is 10.6 Å². The van der Waals surface area contributed by atoms with Crippen molar-refractivity contribution in [1.29, 1.82) is 0 Å². The van der Waals surface area contributed by atoms with E-state index < -0.39 is 10.0 Å². The lowest BCUT2D eigenvalue weighted by molar-refractivity contribution is -0.121. The van der Waals surface area contributed by atoms with Gasteiger partial charge in [-0.05, 0) is 44.7 Å². The SMILES string of the molecule is CS(=O)(=O)NCCCNC(=O)CCC1CCNCC1. The third kappa shape index (κ3) is 8.96. The summed E-state index contributed by atoms with van der Waals surface area (Å²) >= 11 is 0. The summed E-state index contributed by atoms with van der Waals surface area (Å²) in [4.78, 5) is 11.6. The van der Waals surface area contributed by atoms with E-state index in [0.29, 0.717) is 31.8 Å². The van der Waals surface area contributed by atoms with Crippen molar-refractivity contribution in [3.63, 3.8) is 0 Å². The Kier molecular flexibility index (Phi) is 7.33. The molecular formula is C12H25N3O3S. The zero-order chi connectivity index (χ0) is 14.1. The number of carbonyl (C=O) groups is 1. The van der Waals surface area contributed by atoms with E-state index in [9.17, 15) is 13.2 Å². The van der Waals surface area contributed by atoms with Gasteiger partial charge in [-0.1, -0.05) is 0 Å². The van der Waals surface area contributed by atoms with Crippen LogP contribution < -0.4 is 15.4 Å². The van der Waals surface area contributed by atoms with E-state index in [1.807, 2.05) is 0 Å². The molecule has 19 heavy (non-hydrogen) atoms. The molecule has 0 aromatic heterocycles. The smallest absolute Gasteiger partial charge is 0.220 e. The summed E-state index contributed by atoms with van der Waals surface area (Å²) in [5.41, 5.74) is 0. The summed E-state index contributed by atoms with van der Waals surface area (Å²) in [6.45, 7) is 3.01. The van der Waals surface area contributed by atoms with Crippen molar-refractivity contribution >= 4 is 15.9 Å². The number of sulfonamides is 1. The van der Waals surface area contributed by atoms with Crippen molar-refractivity contribution < 1.29 is 13.2 Å². The first kappa shape index (κ1) is 16.4. The number of piperidine rings is 1. The van der Waals surface area contributed by atoms with Crippen molar-refractivity contribution in [2.75, 3.05) is 32.4 Å². The maximum atomic E-state index is 11.6. The van der Waals surface area contributed by atoms with Gasteiger partial charge in [-0.3, -0.25) is 4.79 Å². The molecule has 1 fully saturated rings. The fraction of sp³-hybridized carbons (Fsp3) is 0.917. The summed E-state index contributed by atoms with van der Waals surface area (Å²) in [5, 5.41) is 6.13. The molecule has 1 amide bonds. The minimum Gasteiger partial charge on any atom is -0.356 e. The van der Waals surface area contributed by atoms with Gasteiger partial charge in [0, 0.05) is 19.5 Å². The van der Waals surface area contributed by atoms with Crippen LogP contribution in [0.4, 0.5) is 0 Å². The van der Waals surface area contributed by atoms with Gasteiger partial charge in [0.25, 0.3) is 0 Å². The van der Waals surface area contributed by atoms with Crippen LogP contribution in [-0.4, -0.2) is 46.8 Å². The average molecular weight is 291 g/mol. The molecular weight excluding hydrogens is 266 g/mol. The molecule has 7 heteroatoms. The minimum atomic E-state index is -3.12. The molecule has 0 aliphatic carbocycles. The van der Waals surface area contributed by atoms with Crippen LogP contribution in [0.25, 0.3) is 0 Å². The second kappa shape index (κ2) is 8.50. The molecule has 0 atom stereocenters. The summed E-state index contributed by atoms with van der Waals surface area (Å²) in [7, 11) is -3.12. The predicted molar refractivity (Wildman–Crippen MR) is 75.3 cm³/mol. The van der Waals surface area contributed by atoms with Gasteiger partial charge in [-0.2, -0.15) is 0 Å². The van der Waals surface area contributed by atoms with E-state index in [2.05, 4.69) is 15.4 Å². The molecule has 3 N–H and O–H groups in total. The first-order valence-corrected chi connectivity index (χ1v) is 8.78. The fourth-order valence-electron chi connectivity index (χ4n) is 2.17. The molecule has 112 valence electrons. The van der Waals surface area contributed by atoms with Crippen molar-refractivity contribution in [3.8, 4) is 0 Å². The molecule has 0 bridgehead atoms.